The molecule has 11 nitrogen and oxygen atoms in total. The van der Waals surface area contributed by atoms with E-state index in [2.05, 4.69) is 39.6 Å². The van der Waals surface area contributed by atoms with E-state index in [1.807, 2.05) is 4.90 Å². The number of amides is 2. The van der Waals surface area contributed by atoms with Crippen molar-refractivity contribution in [3.05, 3.63) is 76.2 Å². The van der Waals surface area contributed by atoms with Crippen LogP contribution in [0.4, 0.5) is 19.0 Å². The Morgan fingerprint density at radius 3 is 2.12 bits per heavy atom. The second-order valence-corrected chi connectivity index (χ2v) is 9.97. The summed E-state index contributed by atoms with van der Waals surface area (Å²) in [4.78, 5) is 38.3. The molecule has 15 heteroatoms. The molecule has 1 aliphatic rings. The van der Waals surface area contributed by atoms with Gasteiger partial charge < -0.3 is 20.2 Å². The fourth-order valence-electron chi connectivity index (χ4n) is 3.84. The van der Waals surface area contributed by atoms with Gasteiger partial charge in [0, 0.05) is 32.7 Å². The molecular weight excluding hydrogens is 579 g/mol. The maximum absolute atomic E-state index is 13.2. The number of alkyl halides is 3. The van der Waals surface area contributed by atoms with Crippen LogP contribution in [0.2, 0.25) is 5.15 Å². The molecule has 0 radical (unpaired) electrons. The fourth-order valence-corrected chi connectivity index (χ4v) is 3.94. The molecule has 3 aromatic rings. The van der Waals surface area contributed by atoms with Crippen molar-refractivity contribution in [1.29, 1.82) is 0 Å². The number of carboxylic acid groups (broad SMARTS) is 1. The number of aromatic carboxylic acids is 1. The van der Waals surface area contributed by atoms with Crippen LogP contribution in [0.15, 0.2) is 48.5 Å². The van der Waals surface area contributed by atoms with Crippen molar-refractivity contribution < 1.29 is 32.7 Å². The van der Waals surface area contributed by atoms with Gasteiger partial charge >= 0.3 is 12.1 Å². The second kappa shape index (κ2) is 14.5. The number of hydrogen-bond donors (Lipinski definition) is 2. The van der Waals surface area contributed by atoms with Crippen LogP contribution in [-0.4, -0.2) is 80.9 Å². The summed E-state index contributed by atoms with van der Waals surface area (Å²) in [6, 6.07) is 10.7. The zero-order valence-electron chi connectivity index (χ0n) is 22.8. The Balaban J connectivity index is 0.000000408. The van der Waals surface area contributed by atoms with Crippen LogP contribution in [0, 0.1) is 5.92 Å². The third-order valence-corrected chi connectivity index (χ3v) is 6.30. The molecular formula is C27H29ClF3N7O4. The lowest BCUT2D eigenvalue weighted by Crippen LogP contribution is -2.49. The monoisotopic (exact) mass is 607 g/mol. The lowest BCUT2D eigenvalue weighted by atomic mass is 10.1. The highest BCUT2D eigenvalue weighted by Gasteiger charge is 2.36. The van der Waals surface area contributed by atoms with Crippen molar-refractivity contribution in [3.8, 4) is 0 Å². The largest absolute Gasteiger partial charge is 0.476 e. The van der Waals surface area contributed by atoms with Gasteiger partial charge in [0.1, 0.15) is 0 Å². The number of aromatic nitrogens is 4. The van der Waals surface area contributed by atoms with E-state index < -0.39 is 23.6 Å². The van der Waals surface area contributed by atoms with Gasteiger partial charge in [0.15, 0.2) is 22.4 Å². The van der Waals surface area contributed by atoms with Crippen LogP contribution in [0.5, 0.6) is 0 Å². The van der Waals surface area contributed by atoms with Crippen molar-refractivity contribution in [2.75, 3.05) is 37.6 Å². The topological polar surface area (TPSA) is 142 Å². The number of carboxylic acids is 1. The number of anilines is 1. The van der Waals surface area contributed by atoms with E-state index >= 15 is 0 Å². The maximum Gasteiger partial charge on any atom is 0.417 e. The van der Waals surface area contributed by atoms with Crippen molar-refractivity contribution in [3.63, 3.8) is 0 Å². The normalized spacial score (nSPS) is 13.3. The number of carbonyl (C=O) groups is 3. The van der Waals surface area contributed by atoms with Crippen LogP contribution in [0.25, 0.3) is 0 Å². The first-order chi connectivity index (χ1) is 19.9. The molecule has 224 valence electrons. The molecule has 3 heterocycles. The first-order valence-electron chi connectivity index (χ1n) is 12.9. The molecule has 0 aliphatic carbocycles. The van der Waals surface area contributed by atoms with Crippen molar-refractivity contribution >= 4 is 35.2 Å². The van der Waals surface area contributed by atoms with Crippen LogP contribution >= 0.6 is 11.6 Å². The zero-order valence-corrected chi connectivity index (χ0v) is 23.6. The van der Waals surface area contributed by atoms with Gasteiger partial charge in [-0.1, -0.05) is 37.6 Å². The molecule has 2 aromatic heterocycles. The number of nitrogens with one attached hydrogen (secondary N) is 1. The Morgan fingerprint density at radius 1 is 0.929 bits per heavy atom. The average molecular weight is 608 g/mol. The van der Waals surface area contributed by atoms with Gasteiger partial charge in [0.25, 0.3) is 11.8 Å². The number of nitrogens with zero attached hydrogens (tertiary/aromatic N) is 6. The number of halogens is 4. The Morgan fingerprint density at radius 2 is 1.57 bits per heavy atom. The lowest BCUT2D eigenvalue weighted by Gasteiger charge is -2.35. The quantitative estimate of drug-likeness (QED) is 0.407. The third-order valence-electron chi connectivity index (χ3n) is 6.10. The molecule has 1 saturated heterocycles. The molecule has 0 spiro atoms. The molecule has 4 rings (SSSR count). The number of carbonyl (C=O) groups excluding carboxylic acids is 2. The van der Waals surface area contributed by atoms with Gasteiger partial charge in [-0.3, -0.25) is 9.59 Å². The van der Waals surface area contributed by atoms with E-state index in [0.717, 1.165) is 12.5 Å². The van der Waals surface area contributed by atoms with E-state index in [1.54, 1.807) is 12.1 Å². The smallest absolute Gasteiger partial charge is 0.417 e. The highest BCUT2D eigenvalue weighted by atomic mass is 35.5. The molecule has 0 unspecified atom stereocenters. The Labute approximate surface area is 244 Å². The molecule has 2 N–H and O–H groups in total. The number of hydrogen-bond acceptors (Lipinski definition) is 8. The van der Waals surface area contributed by atoms with Crippen LogP contribution in [0.3, 0.4) is 0 Å². The van der Waals surface area contributed by atoms with Crippen LogP contribution in [0.1, 0.15) is 57.2 Å². The van der Waals surface area contributed by atoms with Gasteiger partial charge in [-0.05, 0) is 48.7 Å². The van der Waals surface area contributed by atoms with Crippen molar-refractivity contribution in [2.24, 2.45) is 5.92 Å². The van der Waals surface area contributed by atoms with Crippen LogP contribution < -0.4 is 10.2 Å². The van der Waals surface area contributed by atoms with Gasteiger partial charge in [0.05, 0.1) is 11.1 Å². The highest BCUT2D eigenvalue weighted by molar-refractivity contribution is 6.29. The fraction of sp³-hybridized carbons (Fsp3) is 0.370. The minimum atomic E-state index is -4.59. The van der Waals surface area contributed by atoms with E-state index in [-0.39, 0.29) is 41.1 Å². The Kier molecular flexibility index (Phi) is 11.1. The molecule has 1 aliphatic heterocycles. The lowest BCUT2D eigenvalue weighted by molar-refractivity contribution is -0.138. The third kappa shape index (κ3) is 9.09. The molecule has 0 saturated carbocycles. The minimum absolute atomic E-state index is 0.107. The zero-order chi connectivity index (χ0) is 30.9. The summed E-state index contributed by atoms with van der Waals surface area (Å²) in [5, 5.41) is 26.0. The molecule has 0 bridgehead atoms. The van der Waals surface area contributed by atoms with Gasteiger partial charge in [0.2, 0.25) is 0 Å². The summed E-state index contributed by atoms with van der Waals surface area (Å²) >= 11 is 5.35. The standard InChI is InChI=1S/C22H26F3N5O2.C5H3ClN2O2/c1-15(2)9-10-26-20(31)18-7-8-19(28-27-18)29-11-13-30(14-12-29)21(32)16-5-3-4-6-17(16)22(23,24)25;6-4-2-1-3(5(9)10)7-8-4/h3-8,15H,9-14H2,1-2H3,(H,26,31);1-2H,(H,9,10). The first kappa shape index (κ1) is 32.2. The molecule has 0 atom stereocenters. The molecule has 2 amide bonds. The number of piperazine rings is 1. The molecule has 1 fully saturated rings. The van der Waals surface area contributed by atoms with E-state index in [4.69, 9.17) is 16.7 Å². The van der Waals surface area contributed by atoms with Crippen molar-refractivity contribution in [1.82, 2.24) is 30.6 Å². The summed E-state index contributed by atoms with van der Waals surface area (Å²) in [5.41, 5.74) is -1.17. The van der Waals surface area contributed by atoms with Crippen LogP contribution in [-0.2, 0) is 6.18 Å². The SMILES string of the molecule is CC(C)CCNC(=O)c1ccc(N2CCN(C(=O)c3ccccc3C(F)(F)F)CC2)nn1.O=C(O)c1ccc(Cl)nn1. The maximum atomic E-state index is 13.2. The molecule has 1 aromatic carbocycles. The summed E-state index contributed by atoms with van der Waals surface area (Å²) in [6.07, 6.45) is -3.72. The Hall–Kier alpha value is -4.33. The predicted octanol–water partition coefficient (Wildman–Crippen LogP) is 4.06. The van der Waals surface area contributed by atoms with Gasteiger partial charge in [-0.15, -0.1) is 20.4 Å². The van der Waals surface area contributed by atoms with E-state index in [0.29, 0.717) is 31.4 Å². The highest BCUT2D eigenvalue weighted by Crippen LogP contribution is 2.32. The number of rotatable bonds is 7. The summed E-state index contributed by atoms with van der Waals surface area (Å²) in [6.45, 7) is 6.01. The average Bonchev–Trinajstić information content (AvgIpc) is 2.97. The number of benzene rings is 1. The molecule has 42 heavy (non-hydrogen) atoms. The summed E-state index contributed by atoms with van der Waals surface area (Å²) in [7, 11) is 0. The van der Waals surface area contributed by atoms with Crippen molar-refractivity contribution in [2.45, 2.75) is 26.4 Å². The summed E-state index contributed by atoms with van der Waals surface area (Å²) in [5.74, 6) is -1.01. The van der Waals surface area contributed by atoms with Gasteiger partial charge in [-0.2, -0.15) is 13.2 Å². The summed E-state index contributed by atoms with van der Waals surface area (Å²) < 4.78 is 39.7. The van der Waals surface area contributed by atoms with E-state index in [1.165, 1.54) is 35.2 Å². The Bertz CT molecular complexity index is 1370. The van der Waals surface area contributed by atoms with E-state index in [9.17, 15) is 27.6 Å². The predicted molar refractivity (Wildman–Crippen MR) is 147 cm³/mol. The minimum Gasteiger partial charge on any atom is -0.476 e. The second-order valence-electron chi connectivity index (χ2n) is 9.58. The first-order valence-corrected chi connectivity index (χ1v) is 13.3. The van der Waals surface area contributed by atoms with Gasteiger partial charge in [-0.25, -0.2) is 4.79 Å².